The van der Waals surface area contributed by atoms with Gasteiger partial charge >= 0.3 is 0 Å². The molecule has 0 saturated heterocycles. The van der Waals surface area contributed by atoms with Crippen LogP contribution in [-0.2, 0) is 16.1 Å². The molecule has 3 aromatic rings. The number of carbonyl (C=O) groups excluding carboxylic acids is 1. The molecule has 0 spiro atoms. The second-order valence-corrected chi connectivity index (χ2v) is 7.75. The molecule has 158 valence electrons. The van der Waals surface area contributed by atoms with Gasteiger partial charge in [0, 0.05) is 16.2 Å². The fourth-order valence-electron chi connectivity index (χ4n) is 3.41. The molecule has 0 amide bonds. The Labute approximate surface area is 187 Å². The molecule has 1 atom stereocenters. The molecule has 0 N–H and O–H groups in total. The van der Waals surface area contributed by atoms with E-state index in [2.05, 4.69) is 0 Å². The van der Waals surface area contributed by atoms with Gasteiger partial charge in [-0.2, -0.15) is 0 Å². The van der Waals surface area contributed by atoms with E-state index in [0.717, 1.165) is 22.4 Å². The fourth-order valence-corrected chi connectivity index (χ4v) is 3.54. The maximum atomic E-state index is 12.8. The fraction of sp³-hybridized carbons (Fsp3) is 0.192. The molecule has 1 unspecified atom stereocenters. The second-order valence-electron chi connectivity index (χ2n) is 7.32. The number of hydrogen-bond donors (Lipinski definition) is 0. The minimum atomic E-state index is -0.217. The lowest BCUT2D eigenvalue weighted by molar-refractivity contribution is 0.0216. The summed E-state index contributed by atoms with van der Waals surface area (Å²) in [6, 6.07) is 23.0. The van der Waals surface area contributed by atoms with E-state index in [1.54, 1.807) is 7.11 Å². The van der Waals surface area contributed by atoms with E-state index in [4.69, 9.17) is 25.8 Å². The van der Waals surface area contributed by atoms with Crippen LogP contribution in [0.5, 0.6) is 5.75 Å². The Balaban J connectivity index is 1.32. The summed E-state index contributed by atoms with van der Waals surface area (Å²) in [4.78, 5) is 12.8. The Kier molecular flexibility index (Phi) is 6.82. The van der Waals surface area contributed by atoms with Crippen molar-refractivity contribution in [2.75, 3.05) is 20.3 Å². The van der Waals surface area contributed by atoms with Gasteiger partial charge in [0.15, 0.2) is 5.78 Å². The third kappa shape index (κ3) is 5.42. The smallest absolute Gasteiger partial charge is 0.191 e. The van der Waals surface area contributed by atoms with E-state index in [0.29, 0.717) is 36.0 Å². The van der Waals surface area contributed by atoms with Gasteiger partial charge in [-0.15, -0.1) is 0 Å². The number of rotatable bonds is 8. The van der Waals surface area contributed by atoms with Crippen molar-refractivity contribution < 1.29 is 19.0 Å². The number of carbonyl (C=O) groups is 1. The normalized spacial score (nSPS) is 15.5. The Morgan fingerprint density at radius 3 is 2.26 bits per heavy atom. The molecule has 1 aliphatic rings. The van der Waals surface area contributed by atoms with Crippen LogP contribution in [0.4, 0.5) is 0 Å². The minimum Gasteiger partial charge on any atom is -0.497 e. The Bertz CT molecular complexity index is 1050. The lowest BCUT2D eigenvalue weighted by atomic mass is 9.99. The average molecular weight is 435 g/mol. The molecule has 31 heavy (non-hydrogen) atoms. The van der Waals surface area contributed by atoms with Crippen LogP contribution in [0.25, 0.3) is 11.1 Å². The Hall–Kier alpha value is -2.92. The first kappa shape index (κ1) is 21.3. The zero-order chi connectivity index (χ0) is 21.6. The molecule has 4 rings (SSSR count). The highest BCUT2D eigenvalue weighted by molar-refractivity contribution is 6.30. The van der Waals surface area contributed by atoms with Crippen molar-refractivity contribution in [3.05, 3.63) is 101 Å². The van der Waals surface area contributed by atoms with E-state index in [9.17, 15) is 4.79 Å². The van der Waals surface area contributed by atoms with E-state index in [1.807, 2.05) is 78.9 Å². The van der Waals surface area contributed by atoms with Crippen LogP contribution in [0.15, 0.2) is 84.4 Å². The van der Waals surface area contributed by atoms with Crippen molar-refractivity contribution in [1.29, 1.82) is 0 Å². The number of hydrogen-bond acceptors (Lipinski definition) is 4. The van der Waals surface area contributed by atoms with Gasteiger partial charge in [0.1, 0.15) is 11.9 Å². The summed E-state index contributed by atoms with van der Waals surface area (Å²) in [6.45, 7) is 1.18. The van der Waals surface area contributed by atoms with Crippen molar-refractivity contribution >= 4 is 17.4 Å². The number of ketones is 1. The molecule has 3 aromatic carbocycles. The summed E-state index contributed by atoms with van der Waals surface area (Å²) < 4.78 is 16.6. The van der Waals surface area contributed by atoms with Gasteiger partial charge in [0.25, 0.3) is 0 Å². The van der Waals surface area contributed by atoms with Crippen molar-refractivity contribution in [3.8, 4) is 16.9 Å². The van der Waals surface area contributed by atoms with Crippen LogP contribution in [0, 0.1) is 0 Å². The number of halogens is 1. The van der Waals surface area contributed by atoms with Crippen LogP contribution < -0.4 is 4.74 Å². The van der Waals surface area contributed by atoms with Gasteiger partial charge in [0.05, 0.1) is 26.9 Å². The molecular weight excluding hydrogens is 412 g/mol. The van der Waals surface area contributed by atoms with Crippen LogP contribution >= 0.6 is 11.6 Å². The highest BCUT2D eigenvalue weighted by Gasteiger charge is 2.22. The molecule has 0 aromatic heterocycles. The summed E-state index contributed by atoms with van der Waals surface area (Å²) in [7, 11) is 1.64. The van der Waals surface area contributed by atoms with Gasteiger partial charge in [-0.05, 0) is 47.0 Å². The summed E-state index contributed by atoms with van der Waals surface area (Å²) in [5.41, 5.74) is 4.46. The van der Waals surface area contributed by atoms with E-state index < -0.39 is 0 Å². The van der Waals surface area contributed by atoms with E-state index >= 15 is 0 Å². The van der Waals surface area contributed by atoms with Crippen LogP contribution in [0.1, 0.15) is 15.9 Å². The number of ether oxygens (including phenoxy) is 3. The molecule has 5 heteroatoms. The lowest BCUT2D eigenvalue weighted by Gasteiger charge is -2.09. The second kappa shape index (κ2) is 9.92. The number of benzene rings is 3. The molecular formula is C26H23ClO4. The first-order valence-corrected chi connectivity index (χ1v) is 10.4. The molecule has 0 radical (unpaired) electrons. The summed E-state index contributed by atoms with van der Waals surface area (Å²) in [5.74, 6) is 0.801. The maximum Gasteiger partial charge on any atom is 0.191 e. The van der Waals surface area contributed by atoms with Gasteiger partial charge in [0.2, 0.25) is 0 Å². The maximum absolute atomic E-state index is 12.8. The summed E-state index contributed by atoms with van der Waals surface area (Å²) in [5, 5.41) is 0.700. The zero-order valence-electron chi connectivity index (χ0n) is 17.2. The quantitative estimate of drug-likeness (QED) is 0.424. The average Bonchev–Trinajstić information content (AvgIpc) is 3.29. The number of methoxy groups -OCH3 is 1. The molecule has 0 fully saturated rings. The van der Waals surface area contributed by atoms with E-state index in [-0.39, 0.29) is 11.9 Å². The van der Waals surface area contributed by atoms with Crippen molar-refractivity contribution in [3.63, 3.8) is 0 Å². The van der Waals surface area contributed by atoms with Crippen molar-refractivity contribution in [2.45, 2.75) is 12.7 Å². The SMILES string of the molecule is COc1ccc(COCC2C=C(C(=O)c3ccc(-c4ccc(Cl)cc4)cc3)CO2)cc1. The third-order valence-corrected chi connectivity index (χ3v) is 5.42. The van der Waals surface area contributed by atoms with Gasteiger partial charge in [-0.1, -0.05) is 60.1 Å². The monoisotopic (exact) mass is 434 g/mol. The Morgan fingerprint density at radius 2 is 1.61 bits per heavy atom. The molecule has 0 bridgehead atoms. The third-order valence-electron chi connectivity index (χ3n) is 5.17. The van der Waals surface area contributed by atoms with Crippen LogP contribution in [-0.4, -0.2) is 32.2 Å². The largest absolute Gasteiger partial charge is 0.497 e. The van der Waals surface area contributed by atoms with Gasteiger partial charge < -0.3 is 14.2 Å². The van der Waals surface area contributed by atoms with Gasteiger partial charge in [-0.3, -0.25) is 4.79 Å². The van der Waals surface area contributed by atoms with E-state index in [1.165, 1.54) is 0 Å². The summed E-state index contributed by atoms with van der Waals surface area (Å²) in [6.07, 6.45) is 1.65. The predicted octanol–water partition coefficient (Wildman–Crippen LogP) is 5.74. The molecule has 1 heterocycles. The van der Waals surface area contributed by atoms with Crippen LogP contribution in [0.3, 0.4) is 0 Å². The van der Waals surface area contributed by atoms with Crippen LogP contribution in [0.2, 0.25) is 5.02 Å². The van der Waals surface area contributed by atoms with Crippen molar-refractivity contribution in [1.82, 2.24) is 0 Å². The lowest BCUT2D eigenvalue weighted by Crippen LogP contribution is -2.13. The molecule has 0 saturated carbocycles. The molecule has 4 nitrogen and oxygen atoms in total. The summed E-state index contributed by atoms with van der Waals surface area (Å²) >= 11 is 5.95. The molecule has 1 aliphatic heterocycles. The minimum absolute atomic E-state index is 0.0136. The standard InChI is InChI=1S/C26H23ClO4/c1-29-24-12-2-18(3-13-24)15-30-17-25-14-22(16-31-25)26(28)21-6-4-19(5-7-21)20-8-10-23(27)11-9-20/h2-14,25H,15-17H2,1H3. The highest BCUT2D eigenvalue weighted by atomic mass is 35.5. The molecule has 0 aliphatic carbocycles. The highest BCUT2D eigenvalue weighted by Crippen LogP contribution is 2.24. The first-order valence-electron chi connectivity index (χ1n) is 10.1. The van der Waals surface area contributed by atoms with Gasteiger partial charge in [-0.25, -0.2) is 0 Å². The zero-order valence-corrected chi connectivity index (χ0v) is 18.0. The topological polar surface area (TPSA) is 44.8 Å². The number of Topliss-reactive ketones (excluding diaryl/α,β-unsaturated/α-hetero) is 1. The first-order chi connectivity index (χ1) is 15.1. The Morgan fingerprint density at radius 1 is 0.968 bits per heavy atom. The van der Waals surface area contributed by atoms with Crippen molar-refractivity contribution in [2.24, 2.45) is 0 Å². The predicted molar refractivity (Wildman–Crippen MR) is 122 cm³/mol.